The lowest BCUT2D eigenvalue weighted by molar-refractivity contribution is -0.140. The number of ether oxygens (including phenoxy) is 2. The third-order valence-corrected chi connectivity index (χ3v) is 3.13. The molecule has 22 heavy (non-hydrogen) atoms. The van der Waals surface area contributed by atoms with Gasteiger partial charge in [-0.25, -0.2) is 9.59 Å². The molecular formula is C16H21NO5. The van der Waals surface area contributed by atoms with Crippen molar-refractivity contribution >= 4 is 17.7 Å². The van der Waals surface area contributed by atoms with Crippen molar-refractivity contribution in [2.24, 2.45) is 0 Å². The zero-order valence-corrected chi connectivity index (χ0v) is 13.5. The quantitative estimate of drug-likeness (QED) is 0.496. The van der Waals surface area contributed by atoms with Crippen LogP contribution in [-0.2, 0) is 14.3 Å². The monoisotopic (exact) mass is 307 g/mol. The number of aryl methyl sites for hydroxylation is 1. The normalized spacial score (nSPS) is 12.2. The van der Waals surface area contributed by atoms with Gasteiger partial charge in [-0.1, -0.05) is 6.08 Å². The number of ketones is 1. The average Bonchev–Trinajstić information content (AvgIpc) is 2.73. The highest BCUT2D eigenvalue weighted by Crippen LogP contribution is 2.21. The third-order valence-electron chi connectivity index (χ3n) is 3.13. The van der Waals surface area contributed by atoms with E-state index < -0.39 is 23.8 Å². The minimum Gasteiger partial charge on any atom is -0.462 e. The van der Waals surface area contributed by atoms with Gasteiger partial charge in [0.25, 0.3) is 0 Å². The SMILES string of the molecule is C/C=C/C(=O)O[C@@H](C)C(=O)c1[nH]c(C)c(C(=O)OCC)c1C. The highest BCUT2D eigenvalue weighted by atomic mass is 16.5. The van der Waals surface area contributed by atoms with Gasteiger partial charge in [0.2, 0.25) is 5.78 Å². The largest absolute Gasteiger partial charge is 0.462 e. The number of aromatic amines is 1. The molecule has 0 aliphatic heterocycles. The molecule has 0 amide bonds. The maximum atomic E-state index is 12.4. The smallest absolute Gasteiger partial charge is 0.340 e. The van der Waals surface area contributed by atoms with Gasteiger partial charge in [-0.2, -0.15) is 0 Å². The van der Waals surface area contributed by atoms with Gasteiger partial charge in [0.05, 0.1) is 17.9 Å². The van der Waals surface area contributed by atoms with E-state index in [1.165, 1.54) is 19.1 Å². The third kappa shape index (κ3) is 3.84. The summed E-state index contributed by atoms with van der Waals surface area (Å²) in [5, 5.41) is 0. The molecule has 120 valence electrons. The molecule has 0 unspecified atom stereocenters. The number of rotatable bonds is 6. The van der Waals surface area contributed by atoms with Crippen LogP contribution in [0.2, 0.25) is 0 Å². The molecule has 0 saturated heterocycles. The van der Waals surface area contributed by atoms with Crippen molar-refractivity contribution in [1.29, 1.82) is 0 Å². The number of aromatic nitrogens is 1. The van der Waals surface area contributed by atoms with Gasteiger partial charge in [0, 0.05) is 11.8 Å². The number of nitrogens with one attached hydrogen (secondary N) is 1. The maximum absolute atomic E-state index is 12.4. The van der Waals surface area contributed by atoms with Crippen LogP contribution < -0.4 is 0 Å². The molecule has 0 spiro atoms. The van der Waals surface area contributed by atoms with Gasteiger partial charge in [-0.3, -0.25) is 4.79 Å². The van der Waals surface area contributed by atoms with Gasteiger partial charge in [-0.15, -0.1) is 0 Å². The van der Waals surface area contributed by atoms with E-state index in [0.717, 1.165) is 0 Å². The Morgan fingerprint density at radius 3 is 2.45 bits per heavy atom. The molecule has 1 atom stereocenters. The zero-order chi connectivity index (χ0) is 16.9. The molecule has 0 fully saturated rings. The molecule has 0 radical (unpaired) electrons. The summed E-state index contributed by atoms with van der Waals surface area (Å²) >= 11 is 0. The first kappa shape index (κ1) is 17.7. The van der Waals surface area contributed by atoms with Crippen molar-refractivity contribution < 1.29 is 23.9 Å². The molecule has 1 aromatic rings. The fourth-order valence-electron chi connectivity index (χ4n) is 2.11. The molecule has 0 aromatic carbocycles. The van der Waals surface area contributed by atoms with Crippen molar-refractivity contribution in [3.63, 3.8) is 0 Å². The Bertz CT molecular complexity index is 612. The van der Waals surface area contributed by atoms with E-state index in [-0.39, 0.29) is 12.3 Å². The number of hydrogen-bond donors (Lipinski definition) is 1. The molecule has 0 aliphatic carbocycles. The zero-order valence-electron chi connectivity index (χ0n) is 13.5. The van der Waals surface area contributed by atoms with Gasteiger partial charge in [0.1, 0.15) is 0 Å². The molecule has 1 aromatic heterocycles. The van der Waals surface area contributed by atoms with Gasteiger partial charge in [0.15, 0.2) is 6.10 Å². The first-order valence-electron chi connectivity index (χ1n) is 7.07. The summed E-state index contributed by atoms with van der Waals surface area (Å²) in [7, 11) is 0. The molecule has 1 N–H and O–H groups in total. The second-order valence-electron chi connectivity index (χ2n) is 4.79. The fourth-order valence-corrected chi connectivity index (χ4v) is 2.11. The Morgan fingerprint density at radius 1 is 1.27 bits per heavy atom. The lowest BCUT2D eigenvalue weighted by atomic mass is 10.1. The van der Waals surface area contributed by atoms with E-state index >= 15 is 0 Å². The predicted molar refractivity (Wildman–Crippen MR) is 80.9 cm³/mol. The van der Waals surface area contributed by atoms with Crippen LogP contribution in [0.4, 0.5) is 0 Å². The van der Waals surface area contributed by atoms with Crippen LogP contribution in [0.25, 0.3) is 0 Å². The number of hydrogen-bond acceptors (Lipinski definition) is 5. The number of carbonyl (C=O) groups is 3. The molecule has 0 bridgehead atoms. The minimum absolute atomic E-state index is 0.251. The minimum atomic E-state index is -0.949. The highest BCUT2D eigenvalue weighted by molar-refractivity contribution is 6.04. The van der Waals surface area contributed by atoms with E-state index in [2.05, 4.69) is 4.98 Å². The van der Waals surface area contributed by atoms with Gasteiger partial charge in [-0.05, 0) is 40.2 Å². The summed E-state index contributed by atoms with van der Waals surface area (Å²) in [5.74, 6) is -1.46. The molecular weight excluding hydrogens is 286 g/mol. The van der Waals surface area contributed by atoms with E-state index in [1.807, 2.05) is 0 Å². The van der Waals surface area contributed by atoms with Crippen LogP contribution in [0.15, 0.2) is 12.2 Å². The molecule has 1 heterocycles. The van der Waals surface area contributed by atoms with E-state index in [1.54, 1.807) is 27.7 Å². The van der Waals surface area contributed by atoms with Crippen LogP contribution >= 0.6 is 0 Å². The Balaban J connectivity index is 3.02. The predicted octanol–water partition coefficient (Wildman–Crippen LogP) is 2.50. The standard InChI is InChI=1S/C16H21NO5/c1-6-8-12(18)22-11(5)15(19)14-9(3)13(10(4)17-14)16(20)21-7-2/h6,8,11,17H,7H2,1-5H3/b8-6+/t11-/m0/s1. The Kier molecular flexibility index (Phi) is 6.10. The summed E-state index contributed by atoms with van der Waals surface area (Å²) in [5.41, 5.74) is 1.64. The lowest BCUT2D eigenvalue weighted by Gasteiger charge is -2.10. The van der Waals surface area contributed by atoms with Crippen molar-refractivity contribution in [3.8, 4) is 0 Å². The van der Waals surface area contributed by atoms with Crippen LogP contribution in [-0.4, -0.2) is 35.4 Å². The number of allylic oxidation sites excluding steroid dienone is 1. The summed E-state index contributed by atoms with van der Waals surface area (Å²) in [4.78, 5) is 38.5. The molecule has 1 rings (SSSR count). The number of Topliss-reactive ketones (excluding diaryl/α,β-unsaturated/α-hetero) is 1. The van der Waals surface area contributed by atoms with Gasteiger partial charge < -0.3 is 14.5 Å². The van der Waals surface area contributed by atoms with Gasteiger partial charge >= 0.3 is 11.9 Å². The average molecular weight is 307 g/mol. The van der Waals surface area contributed by atoms with E-state index in [4.69, 9.17) is 9.47 Å². The van der Waals surface area contributed by atoms with Crippen molar-refractivity contribution in [1.82, 2.24) is 4.98 Å². The number of H-pyrrole nitrogens is 1. The second kappa shape index (κ2) is 7.59. The van der Waals surface area contributed by atoms with Crippen molar-refractivity contribution in [3.05, 3.63) is 34.7 Å². The lowest BCUT2D eigenvalue weighted by Crippen LogP contribution is -2.24. The second-order valence-corrected chi connectivity index (χ2v) is 4.79. The van der Waals surface area contributed by atoms with E-state index in [0.29, 0.717) is 16.8 Å². The Hall–Kier alpha value is -2.37. The fraction of sp³-hybridized carbons (Fsp3) is 0.438. The summed E-state index contributed by atoms with van der Waals surface area (Å²) in [6.45, 7) is 8.48. The number of carbonyl (C=O) groups excluding carboxylic acids is 3. The van der Waals surface area contributed by atoms with Crippen LogP contribution in [0.5, 0.6) is 0 Å². The summed E-state index contributed by atoms with van der Waals surface area (Å²) in [6, 6.07) is 0. The molecule has 6 nitrogen and oxygen atoms in total. The van der Waals surface area contributed by atoms with Crippen LogP contribution in [0.3, 0.4) is 0 Å². The van der Waals surface area contributed by atoms with Crippen LogP contribution in [0.1, 0.15) is 52.9 Å². The molecule has 0 aliphatic rings. The van der Waals surface area contributed by atoms with Crippen molar-refractivity contribution in [2.45, 2.75) is 40.7 Å². The number of esters is 2. The Morgan fingerprint density at radius 2 is 1.91 bits per heavy atom. The molecule has 0 saturated carbocycles. The first-order chi connectivity index (χ1) is 10.3. The van der Waals surface area contributed by atoms with Crippen LogP contribution in [0, 0.1) is 13.8 Å². The highest BCUT2D eigenvalue weighted by Gasteiger charge is 2.27. The first-order valence-corrected chi connectivity index (χ1v) is 7.07. The topological polar surface area (TPSA) is 85.5 Å². The summed E-state index contributed by atoms with van der Waals surface area (Å²) in [6.07, 6.45) is 1.82. The molecule has 6 heteroatoms. The maximum Gasteiger partial charge on any atom is 0.340 e. The Labute approximate surface area is 129 Å². The van der Waals surface area contributed by atoms with E-state index in [9.17, 15) is 14.4 Å². The van der Waals surface area contributed by atoms with Crippen molar-refractivity contribution in [2.75, 3.05) is 6.61 Å². The summed E-state index contributed by atoms with van der Waals surface area (Å²) < 4.78 is 9.98.